The molecule has 2 aromatic heterocycles. The third-order valence-electron chi connectivity index (χ3n) is 6.08. The Balaban J connectivity index is 1.63. The molecule has 0 radical (unpaired) electrons. The van der Waals surface area contributed by atoms with Crippen LogP contribution < -0.4 is 0 Å². The molecule has 11 heteroatoms. The number of hydrogen-bond acceptors (Lipinski definition) is 7. The first-order valence-corrected chi connectivity index (χ1v) is 12.6. The number of aryl methyl sites for hydroxylation is 1. The van der Waals surface area contributed by atoms with Gasteiger partial charge in [-0.3, -0.25) is 9.58 Å². The zero-order valence-corrected chi connectivity index (χ0v) is 21.0. The zero-order valence-electron chi connectivity index (χ0n) is 20.1. The molecule has 0 fully saturated rings. The molecule has 1 unspecified atom stereocenters. The van der Waals surface area contributed by atoms with E-state index in [2.05, 4.69) is 16.1 Å². The van der Waals surface area contributed by atoms with E-state index in [1.165, 1.54) is 0 Å². The van der Waals surface area contributed by atoms with Crippen LogP contribution in [0, 0.1) is 16.7 Å². The average molecular weight is 515 g/mol. The van der Waals surface area contributed by atoms with Crippen molar-refractivity contribution in [1.29, 1.82) is 5.26 Å². The van der Waals surface area contributed by atoms with Crippen LogP contribution in [0.4, 0.5) is 13.2 Å². The molecule has 0 bridgehead atoms. The second-order valence-electron chi connectivity index (χ2n) is 9.63. The van der Waals surface area contributed by atoms with Crippen LogP contribution in [0.1, 0.15) is 53.1 Å². The van der Waals surface area contributed by atoms with Gasteiger partial charge >= 0.3 is 6.18 Å². The number of nitrogens with zero attached hydrogens (tertiary/aromatic N) is 4. The third-order valence-corrected chi connectivity index (χ3v) is 7.46. The summed E-state index contributed by atoms with van der Waals surface area (Å²) in [6.45, 7) is 5.97. The summed E-state index contributed by atoms with van der Waals surface area (Å²) in [5, 5.41) is 33.4. The standard InChI is InChI=1S/C24H33F3N4O3S/c1-23(2,16-28)10-18(33)14-31-13-17(11-29-31)12-30-6-3-4-21-19(5-8-34-9-7-30)20(15-32)22(35-21)24(25,26)27/h11,13,18,32-33H,3-10,12,14-15H2,1-2H3. The molecule has 7 nitrogen and oxygen atoms in total. The van der Waals surface area contributed by atoms with Crippen LogP contribution in [-0.2, 0) is 43.5 Å². The predicted molar refractivity (Wildman–Crippen MR) is 126 cm³/mol. The predicted octanol–water partition coefficient (Wildman–Crippen LogP) is 3.76. The lowest BCUT2D eigenvalue weighted by atomic mass is 9.88. The third kappa shape index (κ3) is 7.75. The summed E-state index contributed by atoms with van der Waals surface area (Å²) < 4.78 is 47.8. The second kappa shape index (κ2) is 11.8. The summed E-state index contributed by atoms with van der Waals surface area (Å²) in [6, 6.07) is 2.19. The Morgan fingerprint density at radius 2 is 2.03 bits per heavy atom. The number of aliphatic hydroxyl groups excluding tert-OH is 2. The largest absolute Gasteiger partial charge is 0.425 e. The molecule has 0 saturated heterocycles. The molecule has 1 aliphatic heterocycles. The highest BCUT2D eigenvalue weighted by atomic mass is 32.1. The number of fused-ring (bicyclic) bond motifs is 1. The highest BCUT2D eigenvalue weighted by molar-refractivity contribution is 7.12. The van der Waals surface area contributed by atoms with Crippen molar-refractivity contribution in [3.05, 3.63) is 38.8 Å². The van der Waals surface area contributed by atoms with E-state index in [1.54, 1.807) is 24.7 Å². The molecule has 3 rings (SSSR count). The van der Waals surface area contributed by atoms with E-state index in [9.17, 15) is 23.4 Å². The maximum absolute atomic E-state index is 13.5. The van der Waals surface area contributed by atoms with E-state index in [4.69, 9.17) is 10.00 Å². The molecule has 0 aliphatic carbocycles. The van der Waals surface area contributed by atoms with Crippen LogP contribution >= 0.6 is 11.3 Å². The summed E-state index contributed by atoms with van der Waals surface area (Å²) in [5.41, 5.74) is 0.921. The van der Waals surface area contributed by atoms with E-state index in [-0.39, 0.29) is 5.56 Å². The first kappa shape index (κ1) is 27.6. The number of aliphatic hydroxyl groups is 2. The highest BCUT2D eigenvalue weighted by Gasteiger charge is 2.37. The van der Waals surface area contributed by atoms with Gasteiger partial charge in [-0.2, -0.15) is 23.5 Å². The van der Waals surface area contributed by atoms with Gasteiger partial charge in [0.15, 0.2) is 0 Å². The van der Waals surface area contributed by atoms with Crippen molar-refractivity contribution in [2.45, 2.75) is 71.5 Å². The van der Waals surface area contributed by atoms with Gasteiger partial charge in [-0.1, -0.05) is 0 Å². The van der Waals surface area contributed by atoms with Gasteiger partial charge < -0.3 is 14.9 Å². The fourth-order valence-electron chi connectivity index (χ4n) is 4.40. The maximum atomic E-state index is 13.5. The van der Waals surface area contributed by atoms with Crippen LogP contribution in [-0.4, -0.2) is 57.3 Å². The Bertz CT molecular complexity index is 1010. The van der Waals surface area contributed by atoms with Crippen LogP contribution in [0.25, 0.3) is 0 Å². The molecule has 3 heterocycles. The van der Waals surface area contributed by atoms with Crippen molar-refractivity contribution in [3.8, 4) is 6.07 Å². The number of rotatable bonds is 7. The first-order chi connectivity index (χ1) is 16.5. The molecular weight excluding hydrogens is 481 g/mol. The lowest BCUT2D eigenvalue weighted by Crippen LogP contribution is -2.28. The van der Waals surface area contributed by atoms with Gasteiger partial charge in [0.05, 0.1) is 50.2 Å². The first-order valence-electron chi connectivity index (χ1n) is 11.7. The quantitative estimate of drug-likeness (QED) is 0.584. The Kier molecular flexibility index (Phi) is 9.34. The maximum Gasteiger partial charge on any atom is 0.425 e. The molecule has 2 N–H and O–H groups in total. The van der Waals surface area contributed by atoms with E-state index in [0.717, 1.165) is 16.9 Å². The molecule has 1 atom stereocenters. The summed E-state index contributed by atoms with van der Waals surface area (Å²) in [6.07, 6.45) is 0.359. The fraction of sp³-hybridized carbons (Fsp3) is 0.667. The number of alkyl halides is 3. The molecule has 0 aromatic carbocycles. The minimum absolute atomic E-state index is 0.00929. The monoisotopic (exact) mass is 514 g/mol. The van der Waals surface area contributed by atoms with E-state index in [0.29, 0.717) is 75.5 Å². The fourth-order valence-corrected chi connectivity index (χ4v) is 5.67. The molecule has 194 valence electrons. The summed E-state index contributed by atoms with van der Waals surface area (Å²) >= 11 is 0.742. The van der Waals surface area contributed by atoms with Crippen molar-refractivity contribution in [2.24, 2.45) is 5.41 Å². The number of aromatic nitrogens is 2. The lowest BCUT2D eigenvalue weighted by molar-refractivity contribution is -0.135. The summed E-state index contributed by atoms with van der Waals surface area (Å²) in [4.78, 5) is 2.16. The Morgan fingerprint density at radius 3 is 2.71 bits per heavy atom. The van der Waals surface area contributed by atoms with Crippen molar-refractivity contribution in [2.75, 3.05) is 26.3 Å². The van der Waals surface area contributed by atoms with Gasteiger partial charge in [0.25, 0.3) is 0 Å². The number of ether oxygens (including phenoxy) is 1. The van der Waals surface area contributed by atoms with Crippen LogP contribution in [0.5, 0.6) is 0 Å². The van der Waals surface area contributed by atoms with Gasteiger partial charge in [-0.15, -0.1) is 11.3 Å². The lowest BCUT2D eigenvalue weighted by Gasteiger charge is -2.21. The Morgan fingerprint density at radius 1 is 1.26 bits per heavy atom. The van der Waals surface area contributed by atoms with Gasteiger partial charge in [0, 0.05) is 35.3 Å². The van der Waals surface area contributed by atoms with Crippen molar-refractivity contribution >= 4 is 11.3 Å². The summed E-state index contributed by atoms with van der Waals surface area (Å²) in [5.74, 6) is 0. The van der Waals surface area contributed by atoms with Crippen molar-refractivity contribution < 1.29 is 28.1 Å². The van der Waals surface area contributed by atoms with Crippen LogP contribution in [0.3, 0.4) is 0 Å². The van der Waals surface area contributed by atoms with Gasteiger partial charge in [-0.25, -0.2) is 0 Å². The summed E-state index contributed by atoms with van der Waals surface area (Å²) in [7, 11) is 0. The molecule has 35 heavy (non-hydrogen) atoms. The normalized spacial score (nSPS) is 17.4. The number of hydrogen-bond donors (Lipinski definition) is 2. The number of thiophene rings is 1. The zero-order chi connectivity index (χ0) is 25.6. The van der Waals surface area contributed by atoms with Crippen molar-refractivity contribution in [3.63, 3.8) is 0 Å². The molecular formula is C24H33F3N4O3S. The van der Waals surface area contributed by atoms with Gasteiger partial charge in [0.2, 0.25) is 0 Å². The van der Waals surface area contributed by atoms with E-state index >= 15 is 0 Å². The molecule has 0 spiro atoms. The van der Waals surface area contributed by atoms with Crippen LogP contribution in [0.15, 0.2) is 12.4 Å². The smallest absolute Gasteiger partial charge is 0.392 e. The Hall–Kier alpha value is -1.97. The topological polar surface area (TPSA) is 94.5 Å². The minimum Gasteiger partial charge on any atom is -0.392 e. The van der Waals surface area contributed by atoms with E-state index in [1.807, 2.05) is 6.20 Å². The highest BCUT2D eigenvalue weighted by Crippen LogP contribution is 2.41. The SMILES string of the molecule is CC(C)(C#N)CC(O)Cn1cc(CN2CCCc3sc(C(F)(F)F)c(CO)c3CCOCC2)cn1. The van der Waals surface area contributed by atoms with E-state index < -0.39 is 29.2 Å². The average Bonchev–Trinajstić information content (AvgIpc) is 3.35. The van der Waals surface area contributed by atoms with Crippen LogP contribution in [0.2, 0.25) is 0 Å². The Labute approximate surface area is 207 Å². The molecule has 1 aliphatic rings. The second-order valence-corrected chi connectivity index (χ2v) is 10.7. The molecule has 0 saturated carbocycles. The number of halogens is 3. The van der Waals surface area contributed by atoms with Crippen molar-refractivity contribution in [1.82, 2.24) is 14.7 Å². The molecule has 0 amide bonds. The minimum atomic E-state index is -4.47. The number of nitriles is 1. The molecule has 2 aromatic rings. The van der Waals surface area contributed by atoms with Gasteiger partial charge in [-0.05, 0) is 51.6 Å². The van der Waals surface area contributed by atoms with Gasteiger partial charge in [0.1, 0.15) is 4.88 Å².